The number of hydrogen-bond acceptors (Lipinski definition) is 5. The minimum atomic E-state index is -0.590. The number of carbonyl (C=O) groups excluding carboxylic acids is 1. The van der Waals surface area contributed by atoms with Gasteiger partial charge in [-0.2, -0.15) is 0 Å². The van der Waals surface area contributed by atoms with Crippen molar-refractivity contribution < 1.29 is 4.79 Å². The van der Waals surface area contributed by atoms with E-state index in [-0.39, 0.29) is 46.9 Å². The minimum absolute atomic E-state index is 0. The van der Waals surface area contributed by atoms with Crippen LogP contribution in [0, 0.1) is 0 Å². The smallest absolute Gasteiger partial charge is 0.329 e. The van der Waals surface area contributed by atoms with Crippen molar-refractivity contribution in [2.45, 2.75) is 51.6 Å². The van der Waals surface area contributed by atoms with E-state index in [9.17, 15) is 14.4 Å². The fourth-order valence-corrected chi connectivity index (χ4v) is 2.85. The molecule has 9 heteroatoms. The predicted molar refractivity (Wildman–Crippen MR) is 102 cm³/mol. The van der Waals surface area contributed by atoms with Crippen LogP contribution in [0.4, 0.5) is 0 Å². The summed E-state index contributed by atoms with van der Waals surface area (Å²) >= 11 is 0. The van der Waals surface area contributed by atoms with E-state index < -0.39 is 11.2 Å². The lowest BCUT2D eigenvalue weighted by Gasteiger charge is -2.15. The van der Waals surface area contributed by atoms with Crippen molar-refractivity contribution in [3.05, 3.63) is 38.2 Å². The maximum absolute atomic E-state index is 12.7. The van der Waals surface area contributed by atoms with E-state index in [1.54, 1.807) is 13.0 Å². The quantitative estimate of drug-likeness (QED) is 0.685. The Balaban J connectivity index is 0.00000243. The summed E-state index contributed by atoms with van der Waals surface area (Å²) in [6.45, 7) is 4.44. The number of rotatable bonds is 6. The number of halogens is 1. The molecule has 1 aliphatic carbocycles. The summed E-state index contributed by atoms with van der Waals surface area (Å²) in [5.74, 6) is -0.0909. The second kappa shape index (κ2) is 8.01. The molecule has 0 bridgehead atoms. The Morgan fingerprint density at radius 2 is 2.15 bits per heavy atom. The molecule has 2 heterocycles. The topological polar surface area (TPSA) is 123 Å². The number of carbonyl (C=O) groups is 1. The van der Waals surface area contributed by atoms with E-state index in [1.807, 2.05) is 6.92 Å². The molecule has 0 aliphatic heterocycles. The van der Waals surface area contributed by atoms with Gasteiger partial charge < -0.3 is 11.1 Å². The molecule has 142 valence electrons. The number of H-pyrrole nitrogens is 1. The number of aryl methyl sites for hydroxylation is 1. The highest BCUT2D eigenvalue weighted by Crippen LogP contribution is 2.39. The van der Waals surface area contributed by atoms with Gasteiger partial charge in [0.05, 0.1) is 10.9 Å². The van der Waals surface area contributed by atoms with Crippen molar-refractivity contribution in [2.75, 3.05) is 6.54 Å². The van der Waals surface area contributed by atoms with Crippen LogP contribution >= 0.6 is 12.4 Å². The van der Waals surface area contributed by atoms with Crippen molar-refractivity contribution in [1.29, 1.82) is 0 Å². The fraction of sp³-hybridized carbons (Fsp3) is 0.529. The highest BCUT2D eigenvalue weighted by atomic mass is 35.5. The predicted octanol–water partition coefficient (Wildman–Crippen LogP) is 0.871. The third-order valence-electron chi connectivity index (χ3n) is 4.39. The number of aromatic amines is 1. The minimum Gasteiger partial charge on any atom is -0.348 e. The molecular formula is C17H24ClN5O3. The lowest BCUT2D eigenvalue weighted by atomic mass is 10.1. The van der Waals surface area contributed by atoms with Gasteiger partial charge in [0.2, 0.25) is 0 Å². The molecule has 26 heavy (non-hydrogen) atoms. The van der Waals surface area contributed by atoms with Crippen LogP contribution in [0.1, 0.15) is 55.1 Å². The van der Waals surface area contributed by atoms with Gasteiger partial charge in [0.25, 0.3) is 11.5 Å². The Kier molecular flexibility index (Phi) is 6.20. The third-order valence-corrected chi connectivity index (χ3v) is 4.39. The first-order valence-corrected chi connectivity index (χ1v) is 8.65. The first-order valence-electron chi connectivity index (χ1n) is 8.65. The van der Waals surface area contributed by atoms with Gasteiger partial charge >= 0.3 is 5.69 Å². The van der Waals surface area contributed by atoms with Crippen molar-refractivity contribution in [3.63, 3.8) is 0 Å². The number of hydrogen-bond donors (Lipinski definition) is 3. The van der Waals surface area contributed by atoms with Crippen LogP contribution in [0.3, 0.4) is 0 Å². The average Bonchev–Trinajstić information content (AvgIpc) is 3.42. The zero-order valence-electron chi connectivity index (χ0n) is 14.9. The van der Waals surface area contributed by atoms with E-state index in [1.165, 1.54) is 4.57 Å². The van der Waals surface area contributed by atoms with E-state index in [0.29, 0.717) is 19.5 Å². The van der Waals surface area contributed by atoms with Gasteiger partial charge in [0.15, 0.2) is 5.65 Å². The normalized spacial score (nSPS) is 14.7. The fourth-order valence-electron chi connectivity index (χ4n) is 2.85. The van der Waals surface area contributed by atoms with Gasteiger partial charge in [-0.1, -0.05) is 6.92 Å². The molecule has 0 aromatic carbocycles. The van der Waals surface area contributed by atoms with Gasteiger partial charge in [-0.15, -0.1) is 12.4 Å². The second-order valence-electron chi connectivity index (χ2n) is 6.59. The molecule has 0 radical (unpaired) electrons. The molecule has 0 saturated heterocycles. The molecule has 4 N–H and O–H groups in total. The summed E-state index contributed by atoms with van der Waals surface area (Å²) in [6, 6.07) is 1.45. The molecule has 2 aromatic rings. The number of amides is 1. The first-order chi connectivity index (χ1) is 12.0. The molecule has 8 nitrogen and oxygen atoms in total. The molecule has 1 fully saturated rings. The van der Waals surface area contributed by atoms with Gasteiger partial charge in [0.1, 0.15) is 0 Å². The van der Waals surface area contributed by atoms with Crippen LogP contribution < -0.4 is 22.3 Å². The van der Waals surface area contributed by atoms with Crippen LogP contribution in [-0.2, 0) is 6.54 Å². The Labute approximate surface area is 156 Å². The Morgan fingerprint density at radius 3 is 2.73 bits per heavy atom. The molecule has 1 saturated carbocycles. The molecule has 0 unspecified atom stereocenters. The van der Waals surface area contributed by atoms with Gasteiger partial charge in [0, 0.05) is 30.7 Å². The summed E-state index contributed by atoms with van der Waals surface area (Å²) in [6.07, 6.45) is 2.71. The zero-order chi connectivity index (χ0) is 18.1. The number of fused-ring (bicyclic) bond motifs is 1. The number of nitrogens with two attached hydrogens (primary N) is 1. The first kappa shape index (κ1) is 20.1. The summed E-state index contributed by atoms with van der Waals surface area (Å²) in [4.78, 5) is 44.2. The second-order valence-corrected chi connectivity index (χ2v) is 6.59. The lowest BCUT2D eigenvalue weighted by Crippen LogP contribution is -2.39. The summed E-state index contributed by atoms with van der Waals surface area (Å²) in [7, 11) is 0. The highest BCUT2D eigenvalue weighted by Gasteiger charge is 2.28. The van der Waals surface area contributed by atoms with Crippen LogP contribution in [0.5, 0.6) is 0 Å². The maximum Gasteiger partial charge on any atom is 0.329 e. The Hall–Kier alpha value is -2.19. The van der Waals surface area contributed by atoms with Crippen LogP contribution in [0.15, 0.2) is 15.7 Å². The summed E-state index contributed by atoms with van der Waals surface area (Å²) in [5, 5.41) is 2.94. The van der Waals surface area contributed by atoms with Gasteiger partial charge in [-0.25, -0.2) is 9.78 Å². The summed E-state index contributed by atoms with van der Waals surface area (Å²) in [5.41, 5.74) is 5.77. The Bertz CT molecular complexity index is 932. The molecule has 3 rings (SSSR count). The number of pyridine rings is 1. The van der Waals surface area contributed by atoms with Crippen molar-refractivity contribution in [2.24, 2.45) is 5.73 Å². The van der Waals surface area contributed by atoms with Gasteiger partial charge in [-0.05, 0) is 32.3 Å². The van der Waals surface area contributed by atoms with E-state index in [2.05, 4.69) is 15.3 Å². The maximum atomic E-state index is 12.7. The van der Waals surface area contributed by atoms with Gasteiger partial charge in [-0.3, -0.25) is 19.1 Å². The lowest BCUT2D eigenvalue weighted by molar-refractivity contribution is 0.0942. The number of nitrogens with one attached hydrogen (secondary N) is 2. The number of aromatic nitrogens is 3. The summed E-state index contributed by atoms with van der Waals surface area (Å²) < 4.78 is 1.44. The molecule has 0 spiro atoms. The van der Waals surface area contributed by atoms with E-state index >= 15 is 0 Å². The van der Waals surface area contributed by atoms with Crippen molar-refractivity contribution >= 4 is 29.3 Å². The molecular weight excluding hydrogens is 358 g/mol. The SMILES string of the molecule is CCCn1c(=O)[nH]c(=O)c2c(C(=O)N[C@@H](C)CN)cc(C3CC3)nc21.Cl. The van der Waals surface area contributed by atoms with Crippen LogP contribution in [0.2, 0.25) is 0 Å². The average molecular weight is 382 g/mol. The number of nitrogens with zero attached hydrogens (tertiary/aromatic N) is 2. The zero-order valence-corrected chi connectivity index (χ0v) is 15.7. The highest BCUT2D eigenvalue weighted by molar-refractivity contribution is 6.05. The van der Waals surface area contributed by atoms with E-state index in [0.717, 1.165) is 18.5 Å². The van der Waals surface area contributed by atoms with E-state index in [4.69, 9.17) is 5.73 Å². The Morgan fingerprint density at radius 1 is 1.46 bits per heavy atom. The van der Waals surface area contributed by atoms with Crippen molar-refractivity contribution in [1.82, 2.24) is 19.9 Å². The van der Waals surface area contributed by atoms with Crippen LogP contribution in [0.25, 0.3) is 11.0 Å². The molecule has 1 aliphatic rings. The molecule has 2 aromatic heterocycles. The van der Waals surface area contributed by atoms with Crippen molar-refractivity contribution in [3.8, 4) is 0 Å². The van der Waals surface area contributed by atoms with Crippen LogP contribution in [-0.4, -0.2) is 33.0 Å². The third kappa shape index (κ3) is 3.81. The standard InChI is InChI=1S/C17H23N5O3.ClH/c1-3-6-22-14-13(16(24)21-17(22)25)11(15(23)19-9(2)8-18)7-12(20-14)10-4-5-10;/h7,9-10H,3-6,8,18H2,1-2H3,(H,19,23)(H,21,24,25);1H/t9-;/m0./s1. The monoisotopic (exact) mass is 381 g/mol. The molecule has 1 amide bonds. The molecule has 1 atom stereocenters. The largest absolute Gasteiger partial charge is 0.348 e.